The third-order valence-electron chi connectivity index (χ3n) is 1.76. The molecule has 1 aliphatic carbocycles. The molecule has 1 radical (unpaired) electrons. The summed E-state index contributed by atoms with van der Waals surface area (Å²) in [6.45, 7) is 0. The van der Waals surface area contributed by atoms with Crippen molar-refractivity contribution in [3.63, 3.8) is 0 Å². The molecule has 3 heteroatoms. The second-order valence-electron chi connectivity index (χ2n) is 2.67. The van der Waals surface area contributed by atoms with Crippen molar-refractivity contribution in [3.8, 4) is 5.88 Å². The van der Waals surface area contributed by atoms with Gasteiger partial charge in [-0.1, -0.05) is 0 Å². The molecule has 1 aliphatic rings. The summed E-state index contributed by atoms with van der Waals surface area (Å²) in [6, 6.07) is 3.01. The molecule has 0 aromatic carbocycles. The number of hydrogen-bond donors (Lipinski definition) is 0. The fourth-order valence-corrected chi connectivity index (χ4v) is 0.986. The Kier molecular flexibility index (Phi) is 1.49. The molecule has 0 amide bonds. The summed E-state index contributed by atoms with van der Waals surface area (Å²) in [5, 5.41) is 0. The molecule has 0 unspecified atom stereocenters. The van der Waals surface area contributed by atoms with Gasteiger partial charge in [0, 0.05) is 5.92 Å². The lowest BCUT2D eigenvalue weighted by Crippen LogP contribution is -1.92. The highest BCUT2D eigenvalue weighted by Gasteiger charge is 2.25. The molecule has 3 nitrogen and oxygen atoms in total. The molecule has 1 fully saturated rings. The average molecular weight is 149 g/mol. The van der Waals surface area contributed by atoms with Gasteiger partial charge in [0.1, 0.15) is 6.33 Å². The van der Waals surface area contributed by atoms with Crippen LogP contribution in [0.4, 0.5) is 0 Å². The van der Waals surface area contributed by atoms with E-state index in [0.29, 0.717) is 11.8 Å². The Morgan fingerprint density at radius 2 is 2.36 bits per heavy atom. The van der Waals surface area contributed by atoms with E-state index in [1.807, 2.05) is 0 Å². The van der Waals surface area contributed by atoms with Gasteiger partial charge in [-0.15, -0.1) is 0 Å². The van der Waals surface area contributed by atoms with Crippen molar-refractivity contribution < 1.29 is 4.74 Å². The highest BCUT2D eigenvalue weighted by molar-refractivity contribution is 5.18. The van der Waals surface area contributed by atoms with Crippen LogP contribution in [-0.4, -0.2) is 17.1 Å². The number of nitrogens with zero attached hydrogens (tertiary/aromatic N) is 2. The predicted octanol–water partition coefficient (Wildman–Crippen LogP) is 1.16. The van der Waals surface area contributed by atoms with E-state index in [0.717, 1.165) is 5.69 Å². The molecule has 1 aromatic heterocycles. The quantitative estimate of drug-likeness (QED) is 0.633. The lowest BCUT2D eigenvalue weighted by atomic mass is 10.3. The Labute approximate surface area is 65.4 Å². The van der Waals surface area contributed by atoms with Crippen molar-refractivity contribution in [1.29, 1.82) is 0 Å². The van der Waals surface area contributed by atoms with Crippen molar-refractivity contribution in [2.45, 2.75) is 18.8 Å². The zero-order valence-corrected chi connectivity index (χ0v) is 6.37. The first-order chi connectivity index (χ1) is 5.40. The molecule has 0 N–H and O–H groups in total. The molecule has 1 saturated carbocycles. The molecule has 0 spiro atoms. The molecular formula is C8H9N2O. The van der Waals surface area contributed by atoms with E-state index in [1.54, 1.807) is 7.11 Å². The van der Waals surface area contributed by atoms with Crippen molar-refractivity contribution in [2.75, 3.05) is 7.11 Å². The summed E-state index contributed by atoms with van der Waals surface area (Å²) in [5.41, 5.74) is 0.997. The van der Waals surface area contributed by atoms with E-state index < -0.39 is 0 Å². The highest BCUT2D eigenvalue weighted by atomic mass is 16.5. The fourth-order valence-electron chi connectivity index (χ4n) is 0.986. The summed E-state index contributed by atoms with van der Waals surface area (Å²) in [6.07, 6.45) is 4.00. The van der Waals surface area contributed by atoms with Crippen molar-refractivity contribution in [1.82, 2.24) is 9.97 Å². The number of rotatable bonds is 2. The first kappa shape index (κ1) is 6.58. The third kappa shape index (κ3) is 1.31. The van der Waals surface area contributed by atoms with E-state index in [9.17, 15) is 0 Å². The Bertz CT molecular complexity index is 258. The molecule has 1 aromatic rings. The van der Waals surface area contributed by atoms with Crippen LogP contribution in [0, 0.1) is 6.07 Å². The molecule has 0 bridgehead atoms. The summed E-state index contributed by atoms with van der Waals surface area (Å²) in [7, 11) is 1.59. The van der Waals surface area contributed by atoms with Crippen LogP contribution in [0.15, 0.2) is 6.33 Å². The van der Waals surface area contributed by atoms with Crippen LogP contribution < -0.4 is 4.74 Å². The molecule has 0 saturated heterocycles. The van der Waals surface area contributed by atoms with Gasteiger partial charge in [-0.2, -0.15) is 0 Å². The second-order valence-corrected chi connectivity index (χ2v) is 2.67. The number of hydrogen-bond acceptors (Lipinski definition) is 3. The minimum atomic E-state index is 0.543. The van der Waals surface area contributed by atoms with Gasteiger partial charge < -0.3 is 4.74 Å². The largest absolute Gasteiger partial charge is 0.480 e. The lowest BCUT2D eigenvalue weighted by Gasteiger charge is -1.98. The zero-order valence-electron chi connectivity index (χ0n) is 6.37. The van der Waals surface area contributed by atoms with Crippen LogP contribution in [-0.2, 0) is 0 Å². The topological polar surface area (TPSA) is 35.0 Å². The van der Waals surface area contributed by atoms with Crippen molar-refractivity contribution in [3.05, 3.63) is 18.1 Å². The first-order valence-electron chi connectivity index (χ1n) is 3.68. The SMILES string of the molecule is COc1[c]c(C2CC2)ncn1. The normalized spacial score (nSPS) is 16.5. The van der Waals surface area contributed by atoms with Gasteiger partial charge in [0.25, 0.3) is 0 Å². The van der Waals surface area contributed by atoms with E-state index in [-0.39, 0.29) is 0 Å². The molecule has 57 valence electrons. The first-order valence-corrected chi connectivity index (χ1v) is 3.68. The van der Waals surface area contributed by atoms with Crippen LogP contribution in [0.3, 0.4) is 0 Å². The van der Waals surface area contributed by atoms with Gasteiger partial charge in [0.15, 0.2) is 0 Å². The van der Waals surface area contributed by atoms with Crippen molar-refractivity contribution >= 4 is 0 Å². The van der Waals surface area contributed by atoms with Crippen LogP contribution in [0.1, 0.15) is 24.5 Å². The van der Waals surface area contributed by atoms with Gasteiger partial charge in [-0.05, 0) is 12.8 Å². The van der Waals surface area contributed by atoms with Gasteiger partial charge in [-0.25, -0.2) is 9.97 Å². The molecule has 2 rings (SSSR count). The zero-order chi connectivity index (χ0) is 7.68. The molecule has 0 aliphatic heterocycles. The van der Waals surface area contributed by atoms with Crippen molar-refractivity contribution in [2.24, 2.45) is 0 Å². The molecular weight excluding hydrogens is 140 g/mol. The Morgan fingerprint density at radius 1 is 1.55 bits per heavy atom. The molecule has 0 atom stereocenters. The highest BCUT2D eigenvalue weighted by Crippen LogP contribution is 2.38. The predicted molar refractivity (Wildman–Crippen MR) is 39.4 cm³/mol. The van der Waals surface area contributed by atoms with Gasteiger partial charge in [0.05, 0.1) is 18.9 Å². The molecule has 1 heterocycles. The van der Waals surface area contributed by atoms with Crippen LogP contribution in [0.5, 0.6) is 5.88 Å². The Hall–Kier alpha value is -1.12. The second kappa shape index (κ2) is 2.49. The minimum Gasteiger partial charge on any atom is -0.480 e. The number of methoxy groups -OCH3 is 1. The smallest absolute Gasteiger partial charge is 0.224 e. The van der Waals surface area contributed by atoms with Crippen LogP contribution in [0.2, 0.25) is 0 Å². The maximum atomic E-state index is 4.93. The average Bonchev–Trinajstić information content (AvgIpc) is 2.87. The maximum Gasteiger partial charge on any atom is 0.224 e. The third-order valence-corrected chi connectivity index (χ3v) is 1.76. The maximum absolute atomic E-state index is 4.93. The monoisotopic (exact) mass is 149 g/mol. The van der Waals surface area contributed by atoms with Gasteiger partial charge in [-0.3, -0.25) is 0 Å². The van der Waals surface area contributed by atoms with E-state index in [1.165, 1.54) is 19.2 Å². The van der Waals surface area contributed by atoms with Gasteiger partial charge in [0.2, 0.25) is 5.88 Å². The summed E-state index contributed by atoms with van der Waals surface area (Å²) in [5.74, 6) is 1.16. The van der Waals surface area contributed by atoms with E-state index >= 15 is 0 Å². The summed E-state index contributed by atoms with van der Waals surface area (Å²) >= 11 is 0. The summed E-state index contributed by atoms with van der Waals surface area (Å²) in [4.78, 5) is 7.98. The lowest BCUT2D eigenvalue weighted by molar-refractivity contribution is 0.395. The van der Waals surface area contributed by atoms with E-state index in [2.05, 4.69) is 16.0 Å². The van der Waals surface area contributed by atoms with Crippen LogP contribution in [0.25, 0.3) is 0 Å². The molecule has 11 heavy (non-hydrogen) atoms. The summed E-state index contributed by atoms with van der Waals surface area (Å²) < 4.78 is 4.93. The Balaban J connectivity index is 2.26. The van der Waals surface area contributed by atoms with Gasteiger partial charge >= 0.3 is 0 Å². The minimum absolute atomic E-state index is 0.543. The van der Waals surface area contributed by atoms with Crippen LogP contribution >= 0.6 is 0 Å². The fraction of sp³-hybridized carbons (Fsp3) is 0.500. The standard InChI is InChI=1S/C8H9N2O/c1-11-8-4-7(6-2-3-6)9-5-10-8/h5-6H,2-3H2,1H3. The Morgan fingerprint density at radius 3 is 3.00 bits per heavy atom. The van der Waals surface area contributed by atoms with E-state index in [4.69, 9.17) is 4.74 Å². The number of ether oxygens (including phenoxy) is 1. The number of aromatic nitrogens is 2.